The number of halogens is 4. The summed E-state index contributed by atoms with van der Waals surface area (Å²) in [5, 5.41) is 11.9. The van der Waals surface area contributed by atoms with E-state index >= 15 is 0 Å². The van der Waals surface area contributed by atoms with E-state index in [4.69, 9.17) is 4.74 Å². The number of aliphatic hydroxyl groups is 1. The molecule has 5 nitrogen and oxygen atoms in total. The van der Waals surface area contributed by atoms with Crippen LogP contribution in [-0.2, 0) is 15.2 Å². The molecule has 2 aromatic rings. The Morgan fingerprint density at radius 3 is 2.29 bits per heavy atom. The van der Waals surface area contributed by atoms with Crippen molar-refractivity contribution < 1.29 is 32.2 Å². The quantitative estimate of drug-likeness (QED) is 0.704. The number of alkyl halides is 4. The minimum atomic E-state index is -3.30. The lowest BCUT2D eigenvalue weighted by molar-refractivity contribution is -0.137. The van der Waals surface area contributed by atoms with Gasteiger partial charge in [-0.1, -0.05) is 30.3 Å². The Balaban J connectivity index is 1.71. The summed E-state index contributed by atoms with van der Waals surface area (Å²) in [6, 6.07) is 8.00. The molecule has 3 rings (SSSR count). The van der Waals surface area contributed by atoms with E-state index in [-0.39, 0.29) is 24.5 Å². The molecule has 28 heavy (non-hydrogen) atoms. The highest BCUT2D eigenvalue weighted by molar-refractivity contribution is 5.79. The van der Waals surface area contributed by atoms with Crippen molar-refractivity contribution in [1.82, 2.24) is 10.3 Å². The topological polar surface area (TPSA) is 71.5 Å². The van der Waals surface area contributed by atoms with E-state index in [0.29, 0.717) is 11.1 Å². The van der Waals surface area contributed by atoms with Crippen LogP contribution in [-0.4, -0.2) is 48.4 Å². The van der Waals surface area contributed by atoms with Crippen molar-refractivity contribution in [3.63, 3.8) is 0 Å². The highest BCUT2D eigenvalue weighted by Crippen LogP contribution is 2.33. The number of hydrogen-bond donors (Lipinski definition) is 2. The van der Waals surface area contributed by atoms with E-state index in [1.54, 1.807) is 29.6 Å². The molecule has 150 valence electrons. The van der Waals surface area contributed by atoms with Gasteiger partial charge in [-0.2, -0.15) is 8.78 Å². The zero-order chi connectivity index (χ0) is 20.3. The molecule has 9 heteroatoms. The van der Waals surface area contributed by atoms with Crippen molar-refractivity contribution in [2.75, 3.05) is 19.9 Å². The average molecular weight is 398 g/mol. The molecule has 0 radical (unpaired) electrons. The van der Waals surface area contributed by atoms with Crippen LogP contribution in [0.1, 0.15) is 17.4 Å². The van der Waals surface area contributed by atoms with Crippen LogP contribution in [0.4, 0.5) is 17.6 Å². The number of ether oxygens (including phenoxy) is 1. The lowest BCUT2D eigenvalue weighted by atomic mass is 9.97. The van der Waals surface area contributed by atoms with Crippen LogP contribution in [0.5, 0.6) is 0 Å². The van der Waals surface area contributed by atoms with E-state index in [1.807, 2.05) is 0 Å². The summed E-state index contributed by atoms with van der Waals surface area (Å²) >= 11 is 0. The van der Waals surface area contributed by atoms with Gasteiger partial charge in [0, 0.05) is 11.8 Å². The normalized spacial score (nSPS) is 17.6. The largest absolute Gasteiger partial charge is 0.386 e. The van der Waals surface area contributed by atoms with Crippen LogP contribution in [0.25, 0.3) is 11.1 Å². The van der Waals surface area contributed by atoms with Crippen molar-refractivity contribution in [3.05, 3.63) is 53.9 Å². The van der Waals surface area contributed by atoms with Gasteiger partial charge in [0.15, 0.2) is 5.67 Å². The van der Waals surface area contributed by atoms with Gasteiger partial charge in [-0.15, -0.1) is 0 Å². The molecule has 1 aliphatic rings. The number of rotatable bonds is 7. The number of nitrogens with one attached hydrogen (secondary N) is 1. The van der Waals surface area contributed by atoms with Gasteiger partial charge in [0.2, 0.25) is 0 Å². The number of amides is 1. The number of carbonyl (C=O) groups is 1. The number of benzene rings is 1. The first-order valence-corrected chi connectivity index (χ1v) is 8.50. The van der Waals surface area contributed by atoms with Gasteiger partial charge in [0.05, 0.1) is 24.9 Å². The number of carbonyl (C=O) groups excluding carboxylic acids is 1. The summed E-state index contributed by atoms with van der Waals surface area (Å²) < 4.78 is 56.8. The second kappa shape index (κ2) is 8.24. The Labute approximate surface area is 158 Å². The first-order chi connectivity index (χ1) is 13.3. The molecule has 1 fully saturated rings. The molecular formula is C19H18F4N2O3. The molecule has 1 aliphatic heterocycles. The molecule has 0 saturated carbocycles. The minimum Gasteiger partial charge on any atom is -0.386 e. The maximum atomic E-state index is 14.2. The average Bonchev–Trinajstić information content (AvgIpc) is 2.69. The van der Waals surface area contributed by atoms with Crippen molar-refractivity contribution in [2.24, 2.45) is 0 Å². The van der Waals surface area contributed by atoms with Gasteiger partial charge in [0.1, 0.15) is 12.8 Å². The van der Waals surface area contributed by atoms with Gasteiger partial charge in [-0.25, -0.2) is 8.78 Å². The molecule has 1 aromatic carbocycles. The maximum Gasteiger partial charge on any atom is 0.315 e. The Bertz CT molecular complexity index is 811. The fraction of sp³-hybridized carbons (Fsp3) is 0.368. The second-order valence-corrected chi connectivity index (χ2v) is 6.53. The van der Waals surface area contributed by atoms with Crippen molar-refractivity contribution in [1.29, 1.82) is 0 Å². The Morgan fingerprint density at radius 2 is 1.82 bits per heavy atom. The first-order valence-electron chi connectivity index (χ1n) is 8.50. The monoisotopic (exact) mass is 398 g/mol. The third kappa shape index (κ3) is 4.15. The van der Waals surface area contributed by atoms with Crippen LogP contribution >= 0.6 is 0 Å². The summed E-state index contributed by atoms with van der Waals surface area (Å²) in [5.41, 5.74) is 0.383. The van der Waals surface area contributed by atoms with Crippen molar-refractivity contribution >= 4 is 5.91 Å². The van der Waals surface area contributed by atoms with Crippen LogP contribution in [0.15, 0.2) is 42.6 Å². The highest BCUT2D eigenvalue weighted by Gasteiger charge is 2.42. The SMILES string of the molecule is O=C(N[C@H](CF)[C@H](O)c1ccc(-c2ccc(C3(F)COC3)nc2)cc1)C(F)F. The van der Waals surface area contributed by atoms with Crippen LogP contribution in [0.2, 0.25) is 0 Å². The number of nitrogens with zero attached hydrogens (tertiary/aromatic N) is 1. The maximum absolute atomic E-state index is 14.2. The summed E-state index contributed by atoms with van der Waals surface area (Å²) in [7, 11) is 0. The van der Waals surface area contributed by atoms with Crippen molar-refractivity contribution in [2.45, 2.75) is 24.2 Å². The fourth-order valence-electron chi connectivity index (χ4n) is 2.81. The van der Waals surface area contributed by atoms with Crippen LogP contribution < -0.4 is 5.32 Å². The zero-order valence-corrected chi connectivity index (χ0v) is 14.6. The van der Waals surface area contributed by atoms with Gasteiger partial charge in [0.25, 0.3) is 5.91 Å². The highest BCUT2D eigenvalue weighted by atomic mass is 19.3. The predicted molar refractivity (Wildman–Crippen MR) is 92.1 cm³/mol. The smallest absolute Gasteiger partial charge is 0.315 e. The molecular weight excluding hydrogens is 380 g/mol. The van der Waals surface area contributed by atoms with Crippen LogP contribution in [0, 0.1) is 0 Å². The third-order valence-electron chi connectivity index (χ3n) is 4.54. The van der Waals surface area contributed by atoms with Crippen molar-refractivity contribution in [3.8, 4) is 11.1 Å². The second-order valence-electron chi connectivity index (χ2n) is 6.53. The zero-order valence-electron chi connectivity index (χ0n) is 14.6. The number of aromatic nitrogens is 1. The van der Waals surface area contributed by atoms with Gasteiger partial charge >= 0.3 is 6.43 Å². The molecule has 0 bridgehead atoms. The molecule has 1 saturated heterocycles. The van der Waals surface area contributed by atoms with Gasteiger partial charge in [-0.05, 0) is 17.2 Å². The summed E-state index contributed by atoms with van der Waals surface area (Å²) in [4.78, 5) is 15.2. The van der Waals surface area contributed by atoms with E-state index in [2.05, 4.69) is 4.98 Å². The molecule has 0 aliphatic carbocycles. The Hall–Kier alpha value is -2.52. The molecule has 2 N–H and O–H groups in total. The van der Waals surface area contributed by atoms with Gasteiger partial charge < -0.3 is 15.2 Å². The molecule has 2 heterocycles. The van der Waals surface area contributed by atoms with E-state index in [0.717, 1.165) is 0 Å². The predicted octanol–water partition coefficient (Wildman–Crippen LogP) is 2.70. The van der Waals surface area contributed by atoms with E-state index in [9.17, 15) is 27.5 Å². The lowest BCUT2D eigenvalue weighted by Crippen LogP contribution is -2.43. The molecule has 1 amide bonds. The summed E-state index contributed by atoms with van der Waals surface area (Å²) in [5.74, 6) is -1.65. The molecule has 0 unspecified atom stereocenters. The summed E-state index contributed by atoms with van der Waals surface area (Å²) in [6.07, 6.45) is -3.28. The Morgan fingerprint density at radius 1 is 1.18 bits per heavy atom. The van der Waals surface area contributed by atoms with Crippen LogP contribution in [0.3, 0.4) is 0 Å². The fourth-order valence-corrected chi connectivity index (χ4v) is 2.81. The molecule has 0 spiro atoms. The minimum absolute atomic E-state index is 0.0240. The third-order valence-corrected chi connectivity index (χ3v) is 4.54. The van der Waals surface area contributed by atoms with E-state index < -0.39 is 36.8 Å². The lowest BCUT2D eigenvalue weighted by Gasteiger charge is -2.32. The molecule has 1 aromatic heterocycles. The van der Waals surface area contributed by atoms with E-state index in [1.165, 1.54) is 18.3 Å². The summed E-state index contributed by atoms with van der Waals surface area (Å²) in [6.45, 7) is -1.25. The first kappa shape index (κ1) is 20.2. The number of hydrogen-bond acceptors (Lipinski definition) is 4. The number of pyridine rings is 1. The number of aliphatic hydroxyl groups excluding tert-OH is 1. The molecule has 2 atom stereocenters. The van der Waals surface area contributed by atoms with Gasteiger partial charge in [-0.3, -0.25) is 9.78 Å². The Kier molecular flexibility index (Phi) is 5.95. The standard InChI is InChI=1S/C19H18F4N2O3/c20-7-14(25-18(27)17(21)22)16(26)12-3-1-11(2-4-12)13-5-6-15(24-8-13)19(23)9-28-10-19/h1-6,8,14,16-17,26H,7,9-10H2,(H,25,27)/t14-,16-/m1/s1.